The fourth-order valence-electron chi connectivity index (χ4n) is 2.10. The summed E-state index contributed by atoms with van der Waals surface area (Å²) >= 11 is 1.56. The number of carbonyl (C=O) groups is 1. The molecule has 0 saturated heterocycles. The third-order valence-electron chi connectivity index (χ3n) is 3.74. The molecule has 5 heteroatoms. The maximum Gasteiger partial charge on any atom is 0.319 e. The van der Waals surface area contributed by atoms with Crippen LogP contribution in [0.2, 0.25) is 0 Å². The lowest BCUT2D eigenvalue weighted by Gasteiger charge is -2.31. The molecule has 0 spiro atoms. The molecule has 0 aliphatic carbocycles. The Kier molecular flexibility index (Phi) is 6.31. The number of anilines is 1. The SMILES string of the molecule is CCC(CC)(CCO)CNC(=O)Nc1ccc(C)s1. The first-order chi connectivity index (χ1) is 9.05. The quantitative estimate of drug-likeness (QED) is 0.719. The summed E-state index contributed by atoms with van der Waals surface area (Å²) in [6.45, 7) is 6.96. The monoisotopic (exact) mass is 284 g/mol. The summed E-state index contributed by atoms with van der Waals surface area (Å²) in [6, 6.07) is 3.71. The number of nitrogens with one attached hydrogen (secondary N) is 2. The zero-order chi connectivity index (χ0) is 14.3. The van der Waals surface area contributed by atoms with Crippen LogP contribution in [-0.4, -0.2) is 24.3 Å². The van der Waals surface area contributed by atoms with Crippen LogP contribution in [0.3, 0.4) is 0 Å². The summed E-state index contributed by atoms with van der Waals surface area (Å²) < 4.78 is 0. The van der Waals surface area contributed by atoms with Crippen LogP contribution in [0.15, 0.2) is 12.1 Å². The number of hydrogen-bond donors (Lipinski definition) is 3. The Morgan fingerprint density at radius 2 is 2.05 bits per heavy atom. The summed E-state index contributed by atoms with van der Waals surface area (Å²) in [4.78, 5) is 13.0. The van der Waals surface area contributed by atoms with Crippen molar-refractivity contribution in [1.29, 1.82) is 0 Å². The summed E-state index contributed by atoms with van der Waals surface area (Å²) in [5.74, 6) is 0. The lowest BCUT2D eigenvalue weighted by atomic mass is 9.79. The van der Waals surface area contributed by atoms with Crippen molar-refractivity contribution in [2.24, 2.45) is 5.41 Å². The second kappa shape index (κ2) is 7.50. The average molecular weight is 284 g/mol. The van der Waals surface area contributed by atoms with Crippen LogP contribution in [-0.2, 0) is 0 Å². The molecule has 0 radical (unpaired) electrons. The van der Waals surface area contributed by atoms with Crippen molar-refractivity contribution in [2.45, 2.75) is 40.0 Å². The second-order valence-electron chi connectivity index (χ2n) is 4.90. The van der Waals surface area contributed by atoms with Crippen molar-refractivity contribution in [3.63, 3.8) is 0 Å². The third kappa shape index (κ3) is 4.84. The highest BCUT2D eigenvalue weighted by molar-refractivity contribution is 7.16. The number of urea groups is 1. The molecule has 4 nitrogen and oxygen atoms in total. The molecule has 0 aliphatic heterocycles. The Bertz CT molecular complexity index is 400. The van der Waals surface area contributed by atoms with E-state index in [1.54, 1.807) is 11.3 Å². The minimum Gasteiger partial charge on any atom is -0.396 e. The van der Waals surface area contributed by atoms with E-state index in [1.807, 2.05) is 19.1 Å². The van der Waals surface area contributed by atoms with Gasteiger partial charge in [0.15, 0.2) is 0 Å². The Morgan fingerprint density at radius 1 is 1.37 bits per heavy atom. The van der Waals surface area contributed by atoms with Crippen LogP contribution in [0.5, 0.6) is 0 Å². The Labute approximate surface area is 119 Å². The number of hydrogen-bond acceptors (Lipinski definition) is 3. The van der Waals surface area contributed by atoms with Crippen LogP contribution in [0.4, 0.5) is 9.80 Å². The Balaban J connectivity index is 2.47. The van der Waals surface area contributed by atoms with E-state index in [9.17, 15) is 4.79 Å². The lowest BCUT2D eigenvalue weighted by molar-refractivity contribution is 0.165. The van der Waals surface area contributed by atoms with Gasteiger partial charge in [-0.1, -0.05) is 13.8 Å². The normalized spacial score (nSPS) is 11.4. The molecule has 19 heavy (non-hydrogen) atoms. The lowest BCUT2D eigenvalue weighted by Crippen LogP contribution is -2.39. The molecule has 1 aromatic heterocycles. The summed E-state index contributed by atoms with van der Waals surface area (Å²) in [7, 11) is 0. The van der Waals surface area contributed by atoms with E-state index in [-0.39, 0.29) is 18.1 Å². The molecule has 0 fully saturated rings. The van der Waals surface area contributed by atoms with Gasteiger partial charge in [0.25, 0.3) is 0 Å². The molecule has 0 aliphatic rings. The van der Waals surface area contributed by atoms with E-state index in [1.165, 1.54) is 4.88 Å². The first-order valence-electron chi connectivity index (χ1n) is 6.77. The van der Waals surface area contributed by atoms with Gasteiger partial charge in [-0.05, 0) is 43.7 Å². The first kappa shape index (κ1) is 16.0. The standard InChI is InChI=1S/C14H24N2O2S/c1-4-14(5-2,8-9-17)10-15-13(18)16-12-7-6-11(3)19-12/h6-7,17H,4-5,8-10H2,1-3H3,(H2,15,16,18). The third-order valence-corrected chi connectivity index (χ3v) is 4.66. The number of aryl methyl sites for hydroxylation is 1. The molecular formula is C14H24N2O2S. The van der Waals surface area contributed by atoms with Gasteiger partial charge in [-0.3, -0.25) is 5.32 Å². The van der Waals surface area contributed by atoms with Gasteiger partial charge in [0, 0.05) is 18.0 Å². The van der Waals surface area contributed by atoms with E-state index >= 15 is 0 Å². The molecule has 0 unspecified atom stereocenters. The second-order valence-corrected chi connectivity index (χ2v) is 6.19. The molecule has 1 aromatic rings. The van der Waals surface area contributed by atoms with Gasteiger partial charge < -0.3 is 10.4 Å². The number of carbonyl (C=O) groups excluding carboxylic acids is 1. The van der Waals surface area contributed by atoms with Crippen molar-refractivity contribution >= 4 is 22.4 Å². The van der Waals surface area contributed by atoms with Crippen LogP contribution in [0.25, 0.3) is 0 Å². The van der Waals surface area contributed by atoms with E-state index in [0.29, 0.717) is 6.54 Å². The van der Waals surface area contributed by atoms with Crippen LogP contribution in [0.1, 0.15) is 38.0 Å². The van der Waals surface area contributed by atoms with Gasteiger partial charge in [0.1, 0.15) is 0 Å². The highest BCUT2D eigenvalue weighted by atomic mass is 32.1. The molecule has 0 saturated carbocycles. The number of thiophene rings is 1. The number of aliphatic hydroxyl groups excluding tert-OH is 1. The van der Waals surface area contributed by atoms with Crippen LogP contribution >= 0.6 is 11.3 Å². The molecule has 0 atom stereocenters. The summed E-state index contributed by atoms with van der Waals surface area (Å²) in [6.07, 6.45) is 2.61. The Morgan fingerprint density at radius 3 is 2.53 bits per heavy atom. The van der Waals surface area contributed by atoms with E-state index < -0.39 is 0 Å². The topological polar surface area (TPSA) is 61.4 Å². The number of aliphatic hydroxyl groups is 1. The van der Waals surface area contributed by atoms with Crippen molar-refractivity contribution in [1.82, 2.24) is 5.32 Å². The van der Waals surface area contributed by atoms with Crippen molar-refractivity contribution in [3.05, 3.63) is 17.0 Å². The van der Waals surface area contributed by atoms with E-state index in [4.69, 9.17) is 5.11 Å². The zero-order valence-corrected chi connectivity index (χ0v) is 12.8. The van der Waals surface area contributed by atoms with Crippen LogP contribution < -0.4 is 10.6 Å². The average Bonchev–Trinajstić information content (AvgIpc) is 2.80. The predicted molar refractivity (Wildman–Crippen MR) is 80.8 cm³/mol. The molecule has 1 heterocycles. The molecular weight excluding hydrogens is 260 g/mol. The zero-order valence-electron chi connectivity index (χ0n) is 12.0. The maximum atomic E-state index is 11.8. The minimum absolute atomic E-state index is 0.00252. The van der Waals surface area contributed by atoms with Crippen LogP contribution in [0, 0.1) is 12.3 Å². The summed E-state index contributed by atoms with van der Waals surface area (Å²) in [5, 5.41) is 15.7. The molecule has 2 amide bonds. The minimum atomic E-state index is -0.175. The first-order valence-corrected chi connectivity index (χ1v) is 7.59. The van der Waals surface area contributed by atoms with Gasteiger partial charge in [-0.15, -0.1) is 11.3 Å². The summed E-state index contributed by atoms with van der Waals surface area (Å²) in [5.41, 5.74) is -0.00252. The Hall–Kier alpha value is -1.07. The van der Waals surface area contributed by atoms with E-state index in [2.05, 4.69) is 24.5 Å². The van der Waals surface area contributed by atoms with Gasteiger partial charge in [0.05, 0.1) is 5.00 Å². The molecule has 1 rings (SSSR count). The molecule has 0 bridgehead atoms. The number of rotatable bonds is 7. The number of amides is 2. The highest BCUT2D eigenvalue weighted by Crippen LogP contribution is 2.29. The van der Waals surface area contributed by atoms with Crippen molar-refractivity contribution in [3.8, 4) is 0 Å². The van der Waals surface area contributed by atoms with Gasteiger partial charge in [-0.25, -0.2) is 4.79 Å². The molecule has 3 N–H and O–H groups in total. The smallest absolute Gasteiger partial charge is 0.319 e. The largest absolute Gasteiger partial charge is 0.396 e. The van der Waals surface area contributed by atoms with Crippen molar-refractivity contribution in [2.75, 3.05) is 18.5 Å². The van der Waals surface area contributed by atoms with Gasteiger partial charge >= 0.3 is 6.03 Å². The van der Waals surface area contributed by atoms with Gasteiger partial charge in [0.2, 0.25) is 0 Å². The molecule has 0 aromatic carbocycles. The highest BCUT2D eigenvalue weighted by Gasteiger charge is 2.26. The maximum absolute atomic E-state index is 11.8. The van der Waals surface area contributed by atoms with E-state index in [0.717, 1.165) is 24.3 Å². The van der Waals surface area contributed by atoms with Crippen molar-refractivity contribution < 1.29 is 9.90 Å². The van der Waals surface area contributed by atoms with Gasteiger partial charge in [-0.2, -0.15) is 0 Å². The molecule has 108 valence electrons. The fourth-order valence-corrected chi connectivity index (χ4v) is 2.87. The fraction of sp³-hybridized carbons (Fsp3) is 0.643. The predicted octanol–water partition coefficient (Wildman–Crippen LogP) is 3.37.